The summed E-state index contributed by atoms with van der Waals surface area (Å²) in [4.78, 5) is 28.5. The number of esters is 1. The van der Waals surface area contributed by atoms with Gasteiger partial charge in [-0.3, -0.25) is 4.98 Å². The second kappa shape index (κ2) is 8.80. The summed E-state index contributed by atoms with van der Waals surface area (Å²) in [6.07, 6.45) is 1.27. The molecule has 1 aromatic heterocycles. The highest BCUT2D eigenvalue weighted by molar-refractivity contribution is 5.82. The highest BCUT2D eigenvalue weighted by Gasteiger charge is 2.23. The van der Waals surface area contributed by atoms with Gasteiger partial charge in [0.1, 0.15) is 12.6 Å². The van der Waals surface area contributed by atoms with Crippen LogP contribution in [0.2, 0.25) is 0 Å². The van der Waals surface area contributed by atoms with Gasteiger partial charge in [0.25, 0.3) is 0 Å². The van der Waals surface area contributed by atoms with E-state index in [0.29, 0.717) is 0 Å². The third-order valence-electron chi connectivity index (χ3n) is 4.08. The first kappa shape index (κ1) is 18.4. The minimum atomic E-state index is -0.860. The lowest BCUT2D eigenvalue weighted by atomic mass is 10.1. The molecule has 1 N–H and O–H groups in total. The molecule has 0 fully saturated rings. The van der Waals surface area contributed by atoms with Gasteiger partial charge < -0.3 is 14.8 Å². The van der Waals surface area contributed by atoms with Crippen LogP contribution in [0.15, 0.2) is 66.9 Å². The van der Waals surface area contributed by atoms with Crippen LogP contribution in [0.5, 0.6) is 0 Å². The van der Waals surface area contributed by atoms with Crippen molar-refractivity contribution < 1.29 is 19.1 Å². The summed E-state index contributed by atoms with van der Waals surface area (Å²) < 4.78 is 9.99. The van der Waals surface area contributed by atoms with Crippen molar-refractivity contribution in [3.8, 4) is 0 Å². The van der Waals surface area contributed by atoms with Crippen molar-refractivity contribution in [2.24, 2.45) is 0 Å². The van der Waals surface area contributed by atoms with E-state index in [1.54, 1.807) is 6.20 Å². The molecule has 1 amide bonds. The number of para-hydroxylation sites is 1. The Kier molecular flexibility index (Phi) is 5.99. The predicted octanol–water partition coefficient (Wildman–Crippen LogP) is 3.25. The number of amides is 1. The van der Waals surface area contributed by atoms with Gasteiger partial charge in [0.15, 0.2) is 0 Å². The molecular weight excluding hydrogens is 344 g/mol. The first-order chi connectivity index (χ1) is 13.2. The van der Waals surface area contributed by atoms with Crippen molar-refractivity contribution in [1.82, 2.24) is 10.3 Å². The summed E-state index contributed by atoms with van der Waals surface area (Å²) in [5.74, 6) is -0.542. The number of hydrogen-bond acceptors (Lipinski definition) is 5. The topological polar surface area (TPSA) is 77.5 Å². The van der Waals surface area contributed by atoms with E-state index in [9.17, 15) is 9.59 Å². The Morgan fingerprint density at radius 1 is 1.04 bits per heavy atom. The van der Waals surface area contributed by atoms with Crippen LogP contribution >= 0.6 is 0 Å². The van der Waals surface area contributed by atoms with Crippen LogP contribution in [0.4, 0.5) is 4.79 Å². The number of carbonyl (C=O) groups excluding carboxylic acids is 2. The van der Waals surface area contributed by atoms with Crippen LogP contribution in [0.25, 0.3) is 10.9 Å². The Labute approximate surface area is 157 Å². The Hall–Kier alpha value is -3.41. The molecule has 0 aliphatic carbocycles. The van der Waals surface area contributed by atoms with Crippen molar-refractivity contribution in [3.05, 3.63) is 78.0 Å². The smallest absolute Gasteiger partial charge is 0.408 e. The highest BCUT2D eigenvalue weighted by atomic mass is 16.6. The van der Waals surface area contributed by atoms with Gasteiger partial charge in [-0.1, -0.05) is 48.5 Å². The van der Waals surface area contributed by atoms with Crippen molar-refractivity contribution in [1.29, 1.82) is 0 Å². The largest absolute Gasteiger partial charge is 0.467 e. The number of rotatable bonds is 6. The van der Waals surface area contributed by atoms with E-state index < -0.39 is 18.1 Å². The number of fused-ring (bicyclic) bond motifs is 1. The van der Waals surface area contributed by atoms with E-state index >= 15 is 0 Å². The normalized spacial score (nSPS) is 11.6. The molecule has 3 rings (SSSR count). The molecule has 0 bridgehead atoms. The lowest BCUT2D eigenvalue weighted by Gasteiger charge is -2.16. The fraction of sp³-hybridized carbons (Fsp3) is 0.190. The molecule has 0 unspecified atom stereocenters. The Morgan fingerprint density at radius 3 is 2.56 bits per heavy atom. The zero-order chi connectivity index (χ0) is 19.1. The number of pyridine rings is 1. The number of alkyl carbamates (subject to hydrolysis) is 1. The second-order valence-electron chi connectivity index (χ2n) is 6.02. The Balaban J connectivity index is 1.65. The van der Waals surface area contributed by atoms with Crippen LogP contribution in [0.3, 0.4) is 0 Å². The van der Waals surface area contributed by atoms with Crippen LogP contribution in [0, 0.1) is 0 Å². The van der Waals surface area contributed by atoms with E-state index in [4.69, 9.17) is 9.47 Å². The zero-order valence-corrected chi connectivity index (χ0v) is 14.9. The minimum absolute atomic E-state index is 0.123. The molecule has 138 valence electrons. The molecule has 27 heavy (non-hydrogen) atoms. The SMILES string of the molecule is COC(=O)[C@@H](Cc1cnc2ccccc2c1)NC(=O)OCc1ccccc1. The number of hydrogen-bond donors (Lipinski definition) is 1. The summed E-state index contributed by atoms with van der Waals surface area (Å²) >= 11 is 0. The number of methoxy groups -OCH3 is 1. The molecule has 2 aromatic carbocycles. The Morgan fingerprint density at radius 2 is 1.78 bits per heavy atom. The summed E-state index contributed by atoms with van der Waals surface area (Å²) in [6.45, 7) is 0.123. The van der Waals surface area contributed by atoms with Gasteiger partial charge in [-0.05, 0) is 23.3 Å². The molecule has 0 aliphatic rings. The predicted molar refractivity (Wildman–Crippen MR) is 101 cm³/mol. The monoisotopic (exact) mass is 364 g/mol. The zero-order valence-electron chi connectivity index (χ0n) is 14.9. The van der Waals surface area contributed by atoms with Gasteiger partial charge in [0.2, 0.25) is 0 Å². The summed E-state index contributed by atoms with van der Waals surface area (Å²) in [5.41, 5.74) is 2.54. The summed E-state index contributed by atoms with van der Waals surface area (Å²) in [6, 6.07) is 18.1. The van der Waals surface area contributed by atoms with Crippen molar-refractivity contribution >= 4 is 23.0 Å². The average molecular weight is 364 g/mol. The number of nitrogens with zero attached hydrogens (tertiary/aromatic N) is 1. The van der Waals surface area contributed by atoms with E-state index in [1.807, 2.05) is 60.7 Å². The molecule has 6 nitrogen and oxygen atoms in total. The fourth-order valence-electron chi connectivity index (χ4n) is 2.71. The molecule has 0 radical (unpaired) electrons. The molecule has 0 saturated heterocycles. The number of ether oxygens (including phenoxy) is 2. The van der Waals surface area contributed by atoms with Crippen molar-refractivity contribution in [2.75, 3.05) is 7.11 Å². The van der Waals surface area contributed by atoms with E-state index in [1.165, 1.54) is 7.11 Å². The third kappa shape index (κ3) is 5.04. The maximum Gasteiger partial charge on any atom is 0.408 e. The molecule has 1 heterocycles. The van der Waals surface area contributed by atoms with Crippen molar-refractivity contribution in [3.63, 3.8) is 0 Å². The fourth-order valence-corrected chi connectivity index (χ4v) is 2.71. The second-order valence-corrected chi connectivity index (χ2v) is 6.02. The summed E-state index contributed by atoms with van der Waals surface area (Å²) in [7, 11) is 1.28. The van der Waals surface area contributed by atoms with E-state index in [2.05, 4.69) is 10.3 Å². The van der Waals surface area contributed by atoms with Crippen LogP contribution in [-0.2, 0) is 27.3 Å². The number of benzene rings is 2. The molecule has 6 heteroatoms. The molecule has 0 spiro atoms. The molecule has 1 atom stereocenters. The van der Waals surface area contributed by atoms with E-state index in [0.717, 1.165) is 22.0 Å². The van der Waals surface area contributed by atoms with Crippen molar-refractivity contribution in [2.45, 2.75) is 19.1 Å². The molecular formula is C21H20N2O4. The van der Waals surface area contributed by atoms with Gasteiger partial charge in [-0.25, -0.2) is 9.59 Å². The lowest BCUT2D eigenvalue weighted by Crippen LogP contribution is -2.43. The van der Waals surface area contributed by atoms with Gasteiger partial charge in [-0.15, -0.1) is 0 Å². The maximum absolute atomic E-state index is 12.1. The number of aromatic nitrogens is 1. The van der Waals surface area contributed by atoms with Crippen LogP contribution < -0.4 is 5.32 Å². The third-order valence-corrected chi connectivity index (χ3v) is 4.08. The first-order valence-corrected chi connectivity index (χ1v) is 8.54. The van der Waals surface area contributed by atoms with Gasteiger partial charge in [0, 0.05) is 18.0 Å². The standard InChI is InChI=1S/C21H20N2O4/c1-26-20(24)19(23-21(25)27-14-15-7-3-2-4-8-15)12-16-11-17-9-5-6-10-18(17)22-13-16/h2-11,13,19H,12,14H2,1H3,(H,23,25)/t19-/m1/s1. The summed E-state index contributed by atoms with van der Waals surface area (Å²) in [5, 5.41) is 3.53. The van der Waals surface area contributed by atoms with Crippen LogP contribution in [-0.4, -0.2) is 30.2 Å². The lowest BCUT2D eigenvalue weighted by molar-refractivity contribution is -0.143. The van der Waals surface area contributed by atoms with Crippen LogP contribution in [0.1, 0.15) is 11.1 Å². The minimum Gasteiger partial charge on any atom is -0.467 e. The first-order valence-electron chi connectivity index (χ1n) is 8.54. The van der Waals surface area contributed by atoms with Gasteiger partial charge >= 0.3 is 12.1 Å². The van der Waals surface area contributed by atoms with Gasteiger partial charge in [-0.2, -0.15) is 0 Å². The molecule has 3 aromatic rings. The van der Waals surface area contributed by atoms with Gasteiger partial charge in [0.05, 0.1) is 12.6 Å². The Bertz CT molecular complexity index is 928. The number of nitrogens with one attached hydrogen (secondary N) is 1. The molecule has 0 saturated carbocycles. The van der Waals surface area contributed by atoms with E-state index in [-0.39, 0.29) is 13.0 Å². The molecule has 0 aliphatic heterocycles. The maximum atomic E-state index is 12.1. The average Bonchev–Trinajstić information content (AvgIpc) is 2.72. The number of carbonyl (C=O) groups is 2. The highest BCUT2D eigenvalue weighted by Crippen LogP contribution is 2.14. The quantitative estimate of drug-likeness (QED) is 0.680.